The third kappa shape index (κ3) is 2.56. The number of hydrogen-bond acceptors (Lipinski definition) is 0. The van der Waals surface area contributed by atoms with E-state index in [2.05, 4.69) is 47.3 Å². The predicted molar refractivity (Wildman–Crippen MR) is 78.1 cm³/mol. The molecule has 84 valence electrons. The first-order valence-corrected chi connectivity index (χ1v) is 6.18. The predicted octanol–water partition coefficient (Wildman–Crippen LogP) is 3.24. The Morgan fingerprint density at radius 1 is 1.00 bits per heavy atom. The van der Waals surface area contributed by atoms with Crippen molar-refractivity contribution in [2.75, 3.05) is 0 Å². The van der Waals surface area contributed by atoms with Crippen molar-refractivity contribution in [1.29, 1.82) is 0 Å². The quantitative estimate of drug-likeness (QED) is 0.794. The van der Waals surface area contributed by atoms with Crippen LogP contribution in [0, 0.1) is 0 Å². The number of rotatable bonds is 2. The Balaban J connectivity index is 2.74. The zero-order valence-electron chi connectivity index (χ0n) is 9.49. The fraction of sp³-hybridized carbons (Fsp3) is 0. The van der Waals surface area contributed by atoms with Crippen LogP contribution in [0.3, 0.4) is 0 Å². The van der Waals surface area contributed by atoms with Gasteiger partial charge in [0.15, 0.2) is 0 Å². The molecule has 2 aromatic rings. The summed E-state index contributed by atoms with van der Waals surface area (Å²) < 4.78 is 1.08. The van der Waals surface area contributed by atoms with Crippen LogP contribution in [0.25, 0.3) is 12.2 Å². The summed E-state index contributed by atoms with van der Waals surface area (Å²) in [5.41, 5.74) is 2.27. The lowest BCUT2D eigenvalue weighted by atomic mass is 10.0. The summed E-state index contributed by atoms with van der Waals surface area (Å²) in [6, 6.07) is 16.3. The molecule has 2 aromatic carbocycles. The van der Waals surface area contributed by atoms with Gasteiger partial charge in [0.05, 0.1) is 0 Å². The van der Waals surface area contributed by atoms with Gasteiger partial charge in [0.2, 0.25) is 0 Å². The van der Waals surface area contributed by atoms with Crippen molar-refractivity contribution in [3.63, 3.8) is 0 Å². The van der Waals surface area contributed by atoms with Gasteiger partial charge in [-0.3, -0.25) is 0 Å². The highest BCUT2D eigenvalue weighted by Crippen LogP contribution is 2.16. The maximum absolute atomic E-state index is 4.05. The maximum atomic E-state index is 4.05. The van der Waals surface area contributed by atoms with Gasteiger partial charge in [-0.05, 0) is 33.7 Å². The average Bonchev–Trinajstić information content (AvgIpc) is 2.35. The summed E-state index contributed by atoms with van der Waals surface area (Å²) >= 11 is 3.44. The van der Waals surface area contributed by atoms with Crippen molar-refractivity contribution < 1.29 is 0 Å². The van der Waals surface area contributed by atoms with Gasteiger partial charge in [-0.2, -0.15) is 0 Å². The lowest BCUT2D eigenvalue weighted by Gasteiger charge is -2.03. The summed E-state index contributed by atoms with van der Waals surface area (Å²) in [6.07, 6.45) is 1.88. The Kier molecular flexibility index (Phi) is 3.60. The standard InChI is InChI=1S/C16H13Br/c1-3-15(13-8-10-14(17)11-9-13)16-7-5-4-6-12(16)2/h3-11H,1-2H2/b16-15+. The van der Waals surface area contributed by atoms with Crippen LogP contribution >= 0.6 is 15.9 Å². The molecule has 0 unspecified atom stereocenters. The van der Waals surface area contributed by atoms with E-state index in [1.165, 1.54) is 0 Å². The van der Waals surface area contributed by atoms with Crippen molar-refractivity contribution in [2.24, 2.45) is 0 Å². The van der Waals surface area contributed by atoms with Gasteiger partial charge in [-0.15, -0.1) is 0 Å². The van der Waals surface area contributed by atoms with Crippen molar-refractivity contribution >= 4 is 28.1 Å². The van der Waals surface area contributed by atoms with E-state index in [0.29, 0.717) is 0 Å². The minimum atomic E-state index is 1.02. The van der Waals surface area contributed by atoms with Gasteiger partial charge in [-0.25, -0.2) is 0 Å². The SMILES string of the molecule is C=C/C(c1ccc(Br)cc1)=c1/ccccc1=C. The lowest BCUT2D eigenvalue weighted by molar-refractivity contribution is 1.48. The first-order chi connectivity index (χ1) is 8.22. The fourth-order valence-electron chi connectivity index (χ4n) is 1.80. The Morgan fingerprint density at radius 3 is 2.24 bits per heavy atom. The van der Waals surface area contributed by atoms with E-state index in [-0.39, 0.29) is 0 Å². The number of halogens is 1. The summed E-state index contributed by atoms with van der Waals surface area (Å²) in [4.78, 5) is 0. The third-order valence-corrected chi connectivity index (χ3v) is 3.20. The molecule has 0 spiro atoms. The molecule has 0 saturated heterocycles. The molecule has 0 N–H and O–H groups in total. The Labute approximate surface area is 110 Å². The van der Waals surface area contributed by atoms with Gasteiger partial charge in [-0.1, -0.05) is 71.6 Å². The second kappa shape index (κ2) is 5.15. The number of benzene rings is 2. The van der Waals surface area contributed by atoms with E-state index in [4.69, 9.17) is 0 Å². The van der Waals surface area contributed by atoms with Gasteiger partial charge in [0, 0.05) is 4.47 Å². The molecule has 0 atom stereocenters. The van der Waals surface area contributed by atoms with Crippen LogP contribution in [0.4, 0.5) is 0 Å². The molecular weight excluding hydrogens is 272 g/mol. The highest BCUT2D eigenvalue weighted by molar-refractivity contribution is 9.10. The molecular formula is C16H13Br. The van der Waals surface area contributed by atoms with E-state index in [1.54, 1.807) is 0 Å². The van der Waals surface area contributed by atoms with Crippen LogP contribution in [-0.4, -0.2) is 0 Å². The Morgan fingerprint density at radius 2 is 1.65 bits per heavy atom. The highest BCUT2D eigenvalue weighted by atomic mass is 79.9. The fourth-order valence-corrected chi connectivity index (χ4v) is 2.06. The van der Waals surface area contributed by atoms with Crippen LogP contribution in [0.2, 0.25) is 0 Å². The van der Waals surface area contributed by atoms with Crippen LogP contribution in [0.5, 0.6) is 0 Å². The van der Waals surface area contributed by atoms with E-state index in [1.807, 2.05) is 36.4 Å². The second-order valence-corrected chi connectivity index (χ2v) is 4.70. The molecule has 17 heavy (non-hydrogen) atoms. The molecule has 0 aliphatic rings. The molecule has 0 fully saturated rings. The van der Waals surface area contributed by atoms with Crippen molar-refractivity contribution in [2.45, 2.75) is 0 Å². The molecule has 0 amide bonds. The summed E-state index contributed by atoms with van der Waals surface area (Å²) in [5.74, 6) is 0. The van der Waals surface area contributed by atoms with Gasteiger partial charge in [0.25, 0.3) is 0 Å². The molecule has 0 aliphatic heterocycles. The molecule has 0 aliphatic carbocycles. The van der Waals surface area contributed by atoms with E-state index in [0.717, 1.165) is 26.0 Å². The normalized spacial score (nSPS) is 12.1. The molecule has 0 heterocycles. The maximum Gasteiger partial charge on any atom is 0.0175 e. The second-order valence-electron chi connectivity index (χ2n) is 3.78. The van der Waals surface area contributed by atoms with Gasteiger partial charge < -0.3 is 0 Å². The lowest BCUT2D eigenvalue weighted by Crippen LogP contribution is -2.24. The minimum absolute atomic E-state index is 1.02. The monoisotopic (exact) mass is 284 g/mol. The van der Waals surface area contributed by atoms with Gasteiger partial charge in [0.1, 0.15) is 0 Å². The van der Waals surface area contributed by atoms with E-state index in [9.17, 15) is 0 Å². The summed E-state index contributed by atoms with van der Waals surface area (Å²) in [7, 11) is 0. The summed E-state index contributed by atoms with van der Waals surface area (Å²) in [5, 5.41) is 2.15. The van der Waals surface area contributed by atoms with E-state index >= 15 is 0 Å². The number of hydrogen-bond donors (Lipinski definition) is 0. The topological polar surface area (TPSA) is 0 Å². The van der Waals surface area contributed by atoms with Crippen LogP contribution in [-0.2, 0) is 0 Å². The molecule has 1 heteroatoms. The zero-order valence-corrected chi connectivity index (χ0v) is 11.1. The Hall–Kier alpha value is -1.60. The van der Waals surface area contributed by atoms with Crippen molar-refractivity contribution in [3.8, 4) is 0 Å². The van der Waals surface area contributed by atoms with Crippen LogP contribution < -0.4 is 10.4 Å². The first-order valence-electron chi connectivity index (χ1n) is 5.39. The van der Waals surface area contributed by atoms with E-state index < -0.39 is 0 Å². The van der Waals surface area contributed by atoms with Crippen molar-refractivity contribution in [3.05, 3.63) is 81.7 Å². The molecule has 2 rings (SSSR count). The smallest absolute Gasteiger partial charge is 0.0175 e. The molecule has 0 bridgehead atoms. The largest absolute Gasteiger partial charge is 0.0984 e. The number of allylic oxidation sites excluding steroid dienone is 1. The highest BCUT2D eigenvalue weighted by Gasteiger charge is 1.98. The van der Waals surface area contributed by atoms with Crippen molar-refractivity contribution in [1.82, 2.24) is 0 Å². The molecule has 0 saturated carbocycles. The Bertz CT molecular complexity index is 636. The van der Waals surface area contributed by atoms with Crippen LogP contribution in [0.15, 0.2) is 65.7 Å². The molecule has 0 radical (unpaired) electrons. The summed E-state index contributed by atoms with van der Waals surface area (Å²) in [6.45, 7) is 7.96. The third-order valence-electron chi connectivity index (χ3n) is 2.67. The first kappa shape index (κ1) is 11.9. The van der Waals surface area contributed by atoms with Crippen LogP contribution in [0.1, 0.15) is 5.56 Å². The molecule has 0 aromatic heterocycles. The minimum Gasteiger partial charge on any atom is -0.0984 e. The average molecular weight is 285 g/mol. The van der Waals surface area contributed by atoms with Gasteiger partial charge >= 0.3 is 0 Å². The zero-order chi connectivity index (χ0) is 12.3. The molecule has 0 nitrogen and oxygen atoms in total.